The molecule has 1 aliphatic rings. The fourth-order valence-electron chi connectivity index (χ4n) is 4.50. The number of ether oxygens (including phenoxy) is 3. The molecule has 4 aromatic rings. The third-order valence-corrected chi connectivity index (χ3v) is 8.12. The maximum Gasteiger partial charge on any atom is 0.335 e. The number of carboxylic acids is 2. The molecule has 0 radical (unpaired) electrons. The maximum absolute atomic E-state index is 13.7. The molecule has 5 rings (SSSR count). The number of nitrogens with zero attached hydrogens (tertiary/aromatic N) is 2. The zero-order valence-electron chi connectivity index (χ0n) is 24.6. The number of amides is 1. The van der Waals surface area contributed by atoms with Crippen molar-refractivity contribution in [2.45, 2.75) is 13.2 Å². The number of aliphatic imine (C=N–C) groups is 1. The first-order chi connectivity index (χ1) is 22.1. The first-order valence-corrected chi connectivity index (χ1v) is 14.9. The molecule has 0 atom stereocenters. The quantitative estimate of drug-likeness (QED) is 0.161. The fourth-order valence-corrected chi connectivity index (χ4v) is 5.77. The molecule has 234 valence electrons. The van der Waals surface area contributed by atoms with Crippen LogP contribution >= 0.6 is 23.4 Å². The van der Waals surface area contributed by atoms with Crippen molar-refractivity contribution in [2.75, 3.05) is 14.2 Å². The molecule has 10 nitrogen and oxygen atoms in total. The number of rotatable bonds is 11. The molecule has 1 saturated heterocycles. The largest absolute Gasteiger partial charge is 0.497 e. The summed E-state index contributed by atoms with van der Waals surface area (Å²) in [4.78, 5) is 43.0. The van der Waals surface area contributed by atoms with Crippen LogP contribution in [0.5, 0.6) is 17.2 Å². The van der Waals surface area contributed by atoms with Gasteiger partial charge in [0.2, 0.25) is 0 Å². The Labute approximate surface area is 273 Å². The average Bonchev–Trinajstić information content (AvgIpc) is 3.33. The topological polar surface area (TPSA) is 135 Å². The van der Waals surface area contributed by atoms with Crippen molar-refractivity contribution < 1.29 is 38.8 Å². The Morgan fingerprint density at radius 2 is 1.61 bits per heavy atom. The van der Waals surface area contributed by atoms with Gasteiger partial charge in [0.25, 0.3) is 5.91 Å². The van der Waals surface area contributed by atoms with Crippen molar-refractivity contribution >= 4 is 58.1 Å². The van der Waals surface area contributed by atoms with Crippen molar-refractivity contribution in [1.29, 1.82) is 0 Å². The van der Waals surface area contributed by atoms with Gasteiger partial charge < -0.3 is 24.4 Å². The van der Waals surface area contributed by atoms with E-state index >= 15 is 0 Å². The van der Waals surface area contributed by atoms with Crippen molar-refractivity contribution in [3.8, 4) is 17.2 Å². The van der Waals surface area contributed by atoms with E-state index in [1.54, 1.807) is 73.8 Å². The van der Waals surface area contributed by atoms with Gasteiger partial charge in [0, 0.05) is 0 Å². The lowest BCUT2D eigenvalue weighted by atomic mass is 10.1. The second-order valence-electron chi connectivity index (χ2n) is 9.92. The van der Waals surface area contributed by atoms with Gasteiger partial charge in [-0.1, -0.05) is 35.9 Å². The minimum atomic E-state index is -1.04. The number of carbonyl (C=O) groups is 3. The number of aromatic carboxylic acids is 2. The van der Waals surface area contributed by atoms with Crippen molar-refractivity contribution in [3.63, 3.8) is 0 Å². The molecule has 1 heterocycles. The molecule has 0 bridgehead atoms. The first-order valence-electron chi connectivity index (χ1n) is 13.7. The third-order valence-electron chi connectivity index (χ3n) is 6.83. The summed E-state index contributed by atoms with van der Waals surface area (Å²) < 4.78 is 16.7. The second-order valence-corrected chi connectivity index (χ2v) is 11.3. The van der Waals surface area contributed by atoms with Crippen LogP contribution in [0.4, 0.5) is 5.69 Å². The molecule has 0 unspecified atom stereocenters. The molecule has 1 aliphatic heterocycles. The van der Waals surface area contributed by atoms with Crippen LogP contribution in [-0.4, -0.2) is 52.3 Å². The van der Waals surface area contributed by atoms with Crippen molar-refractivity contribution in [1.82, 2.24) is 4.90 Å². The lowest BCUT2D eigenvalue weighted by Gasteiger charge is -2.16. The highest BCUT2D eigenvalue weighted by molar-refractivity contribution is 8.18. The standard InChI is InChI=1S/C34H27ClN2O8S/c1-43-26-12-10-25(11-13-26)36-34-37(18-20-6-8-23(9-7-20)32(39)40)31(38)29(46-34)17-22-15-27(35)30(28(16-22)44-2)45-19-21-4-3-5-24(14-21)33(41)42/h3-17H,18-19H2,1-2H3,(H,39,40)(H,41,42)/b29-17-,36-34?. The molecule has 1 fully saturated rings. The summed E-state index contributed by atoms with van der Waals surface area (Å²) in [6, 6.07) is 23.1. The Bertz CT molecular complexity index is 1860. The number of methoxy groups -OCH3 is 2. The van der Waals surface area contributed by atoms with Crippen LogP contribution in [0.3, 0.4) is 0 Å². The highest BCUT2D eigenvalue weighted by atomic mass is 35.5. The highest BCUT2D eigenvalue weighted by Crippen LogP contribution is 2.40. The zero-order chi connectivity index (χ0) is 32.8. The van der Waals surface area contributed by atoms with Crippen LogP contribution in [0.25, 0.3) is 6.08 Å². The monoisotopic (exact) mass is 658 g/mol. The van der Waals surface area contributed by atoms with Crippen LogP contribution in [0.15, 0.2) is 94.8 Å². The Morgan fingerprint density at radius 3 is 2.26 bits per heavy atom. The first kappa shape index (κ1) is 32.1. The number of carbonyl (C=O) groups excluding carboxylic acids is 1. The maximum atomic E-state index is 13.7. The third kappa shape index (κ3) is 7.51. The summed E-state index contributed by atoms with van der Waals surface area (Å²) in [7, 11) is 3.04. The molecule has 0 aromatic heterocycles. The summed E-state index contributed by atoms with van der Waals surface area (Å²) in [6.07, 6.45) is 1.68. The normalized spacial score (nSPS) is 14.5. The Morgan fingerprint density at radius 1 is 0.891 bits per heavy atom. The van der Waals surface area contributed by atoms with Crippen LogP contribution in [0, 0.1) is 0 Å². The van der Waals surface area contributed by atoms with E-state index in [4.69, 9.17) is 30.8 Å². The number of carboxylic acid groups (broad SMARTS) is 2. The number of hydrogen-bond acceptors (Lipinski definition) is 8. The van der Waals surface area contributed by atoms with Gasteiger partial charge in [-0.3, -0.25) is 9.69 Å². The minimum Gasteiger partial charge on any atom is -0.497 e. The molecule has 1 amide bonds. The molecule has 0 spiro atoms. The average molecular weight is 659 g/mol. The number of hydrogen-bond donors (Lipinski definition) is 2. The van der Waals surface area contributed by atoms with Crippen LogP contribution in [0.1, 0.15) is 37.4 Å². The van der Waals surface area contributed by atoms with Gasteiger partial charge in [-0.05, 0) is 95.2 Å². The van der Waals surface area contributed by atoms with Gasteiger partial charge in [-0.2, -0.15) is 0 Å². The van der Waals surface area contributed by atoms with E-state index in [0.29, 0.717) is 38.4 Å². The van der Waals surface area contributed by atoms with Gasteiger partial charge in [0.15, 0.2) is 16.7 Å². The Hall–Kier alpha value is -5.26. The summed E-state index contributed by atoms with van der Waals surface area (Å²) in [6.45, 7) is 0.220. The number of thioether (sulfide) groups is 1. The highest BCUT2D eigenvalue weighted by Gasteiger charge is 2.34. The van der Waals surface area contributed by atoms with Gasteiger partial charge in [0.05, 0.1) is 47.5 Å². The van der Waals surface area contributed by atoms with Crippen molar-refractivity contribution in [3.05, 3.63) is 123 Å². The Balaban J connectivity index is 1.43. The lowest BCUT2D eigenvalue weighted by molar-refractivity contribution is -0.122. The summed E-state index contributed by atoms with van der Waals surface area (Å²) >= 11 is 7.80. The smallest absolute Gasteiger partial charge is 0.335 e. The van der Waals surface area contributed by atoms with Gasteiger partial charge >= 0.3 is 11.9 Å². The van der Waals surface area contributed by atoms with E-state index in [9.17, 15) is 24.6 Å². The van der Waals surface area contributed by atoms with Crippen LogP contribution in [-0.2, 0) is 17.9 Å². The molecule has 0 aliphatic carbocycles. The molecular weight excluding hydrogens is 632 g/mol. The van der Waals surface area contributed by atoms with Gasteiger partial charge in [-0.25, -0.2) is 14.6 Å². The molecule has 12 heteroatoms. The number of halogens is 1. The molecule has 4 aromatic carbocycles. The van der Waals surface area contributed by atoms with E-state index in [1.165, 1.54) is 48.0 Å². The van der Waals surface area contributed by atoms with Gasteiger partial charge in [-0.15, -0.1) is 0 Å². The summed E-state index contributed by atoms with van der Waals surface area (Å²) in [5, 5.41) is 19.2. The van der Waals surface area contributed by atoms with Crippen molar-refractivity contribution in [2.24, 2.45) is 4.99 Å². The van der Waals surface area contributed by atoms with Crippen LogP contribution < -0.4 is 14.2 Å². The zero-order valence-corrected chi connectivity index (χ0v) is 26.2. The Kier molecular flexibility index (Phi) is 9.94. The predicted octanol–water partition coefficient (Wildman–Crippen LogP) is 7.14. The fraction of sp³-hybridized carbons (Fsp3) is 0.118. The molecule has 2 N–H and O–H groups in total. The SMILES string of the molecule is COc1ccc(N=C2S/C(=C\c3cc(Cl)c(OCc4cccc(C(=O)O)c4)c(OC)c3)C(=O)N2Cc2ccc(C(=O)O)cc2)cc1. The lowest BCUT2D eigenvalue weighted by Crippen LogP contribution is -2.28. The summed E-state index contributed by atoms with van der Waals surface area (Å²) in [5.74, 6) is -1.11. The molecule has 46 heavy (non-hydrogen) atoms. The van der Waals surface area contributed by atoms with E-state index in [0.717, 1.165) is 5.56 Å². The van der Waals surface area contributed by atoms with E-state index in [1.807, 2.05) is 0 Å². The van der Waals surface area contributed by atoms with Crippen LogP contribution in [0.2, 0.25) is 5.02 Å². The van der Waals surface area contributed by atoms with E-state index < -0.39 is 11.9 Å². The second kappa shape index (κ2) is 14.2. The van der Waals surface area contributed by atoms with E-state index in [-0.39, 0.29) is 41.0 Å². The predicted molar refractivity (Wildman–Crippen MR) is 175 cm³/mol. The number of benzene rings is 4. The number of amidine groups is 1. The minimum absolute atomic E-state index is 0.0551. The molecule has 0 saturated carbocycles. The van der Waals surface area contributed by atoms with Gasteiger partial charge in [0.1, 0.15) is 12.4 Å². The summed E-state index contributed by atoms with van der Waals surface area (Å²) in [5.41, 5.74) is 2.84. The molecular formula is C34H27ClN2O8S. The van der Waals surface area contributed by atoms with E-state index in [2.05, 4.69) is 0 Å².